The number of ether oxygens (including phenoxy) is 1. The van der Waals surface area contributed by atoms with Gasteiger partial charge in [-0.25, -0.2) is 0 Å². The predicted octanol–water partition coefficient (Wildman–Crippen LogP) is 7.71. The standard InChI is InChI=1S/C27H32O/c1-5-21(6-2)19-28-26-15-12-24(13-16-26)27-17-14-25(18-22(27)7-3)23-10-8-20(4)9-11-23/h8-18,21H,5-7,19H2,1-4H3. The summed E-state index contributed by atoms with van der Waals surface area (Å²) in [6.45, 7) is 9.62. The molecule has 0 saturated carbocycles. The van der Waals surface area contributed by atoms with Gasteiger partial charge in [-0.05, 0) is 59.2 Å². The van der Waals surface area contributed by atoms with E-state index in [9.17, 15) is 0 Å². The first-order valence-electron chi connectivity index (χ1n) is 10.6. The van der Waals surface area contributed by atoms with Gasteiger partial charge in [0.1, 0.15) is 5.75 Å². The van der Waals surface area contributed by atoms with E-state index in [1.165, 1.54) is 46.2 Å². The van der Waals surface area contributed by atoms with Crippen LogP contribution >= 0.6 is 0 Å². The maximum Gasteiger partial charge on any atom is 0.119 e. The average Bonchev–Trinajstić information content (AvgIpc) is 2.75. The van der Waals surface area contributed by atoms with E-state index in [1.54, 1.807) is 0 Å². The number of aryl methyl sites for hydroxylation is 2. The second kappa shape index (κ2) is 9.59. The topological polar surface area (TPSA) is 9.23 Å². The molecule has 0 unspecified atom stereocenters. The van der Waals surface area contributed by atoms with Gasteiger partial charge in [-0.3, -0.25) is 0 Å². The second-order valence-electron chi connectivity index (χ2n) is 7.61. The Kier molecular flexibility index (Phi) is 6.92. The molecular formula is C27H32O. The fourth-order valence-electron chi connectivity index (χ4n) is 3.56. The normalized spacial score (nSPS) is 11.0. The molecule has 0 aliphatic rings. The van der Waals surface area contributed by atoms with Crippen LogP contribution in [0.25, 0.3) is 22.3 Å². The molecule has 146 valence electrons. The van der Waals surface area contributed by atoms with Crippen LogP contribution in [0.3, 0.4) is 0 Å². The van der Waals surface area contributed by atoms with E-state index in [0.29, 0.717) is 5.92 Å². The first-order valence-corrected chi connectivity index (χ1v) is 10.6. The molecule has 3 aromatic carbocycles. The van der Waals surface area contributed by atoms with E-state index in [2.05, 4.69) is 94.4 Å². The molecule has 0 saturated heterocycles. The van der Waals surface area contributed by atoms with Crippen LogP contribution in [0.4, 0.5) is 0 Å². The minimum absolute atomic E-state index is 0.640. The van der Waals surface area contributed by atoms with Gasteiger partial charge in [-0.15, -0.1) is 0 Å². The zero-order valence-corrected chi connectivity index (χ0v) is 17.7. The van der Waals surface area contributed by atoms with Crippen molar-refractivity contribution in [3.63, 3.8) is 0 Å². The molecule has 0 radical (unpaired) electrons. The van der Waals surface area contributed by atoms with Crippen LogP contribution in [0.5, 0.6) is 5.75 Å². The minimum atomic E-state index is 0.640. The summed E-state index contributed by atoms with van der Waals surface area (Å²) in [4.78, 5) is 0. The van der Waals surface area contributed by atoms with Gasteiger partial charge in [-0.1, -0.05) is 93.8 Å². The second-order valence-corrected chi connectivity index (χ2v) is 7.61. The van der Waals surface area contributed by atoms with Gasteiger partial charge >= 0.3 is 0 Å². The zero-order chi connectivity index (χ0) is 19.9. The van der Waals surface area contributed by atoms with Gasteiger partial charge in [0.05, 0.1) is 6.61 Å². The Hall–Kier alpha value is -2.54. The van der Waals surface area contributed by atoms with Crippen molar-refractivity contribution in [1.82, 2.24) is 0 Å². The van der Waals surface area contributed by atoms with Crippen LogP contribution in [0.2, 0.25) is 0 Å². The summed E-state index contributed by atoms with van der Waals surface area (Å²) in [6, 6.07) is 24.2. The van der Waals surface area contributed by atoms with Crippen molar-refractivity contribution < 1.29 is 4.74 Å². The SMILES string of the molecule is CCc1cc(-c2ccc(C)cc2)ccc1-c1ccc(OCC(CC)CC)cc1. The van der Waals surface area contributed by atoms with Crippen LogP contribution in [0.15, 0.2) is 66.7 Å². The molecule has 0 aliphatic carbocycles. The van der Waals surface area contributed by atoms with Crippen molar-refractivity contribution in [3.8, 4) is 28.0 Å². The maximum absolute atomic E-state index is 5.98. The average molecular weight is 373 g/mol. The highest BCUT2D eigenvalue weighted by molar-refractivity contribution is 5.74. The monoisotopic (exact) mass is 372 g/mol. The Balaban J connectivity index is 1.80. The Labute approximate surface area is 170 Å². The van der Waals surface area contributed by atoms with Crippen molar-refractivity contribution in [1.29, 1.82) is 0 Å². The summed E-state index contributed by atoms with van der Waals surface area (Å²) in [5.74, 6) is 1.60. The quantitative estimate of drug-likeness (QED) is 0.393. The van der Waals surface area contributed by atoms with Crippen molar-refractivity contribution in [2.75, 3.05) is 6.61 Å². The lowest BCUT2D eigenvalue weighted by molar-refractivity contribution is 0.240. The molecule has 28 heavy (non-hydrogen) atoms. The third-order valence-electron chi connectivity index (χ3n) is 5.68. The van der Waals surface area contributed by atoms with Gasteiger partial charge in [0, 0.05) is 0 Å². The van der Waals surface area contributed by atoms with Crippen LogP contribution in [-0.4, -0.2) is 6.61 Å². The summed E-state index contributed by atoms with van der Waals surface area (Å²) in [5, 5.41) is 0. The Morgan fingerprint density at radius 2 is 1.32 bits per heavy atom. The third kappa shape index (κ3) is 4.84. The predicted molar refractivity (Wildman–Crippen MR) is 121 cm³/mol. The fraction of sp³-hybridized carbons (Fsp3) is 0.333. The largest absolute Gasteiger partial charge is 0.493 e. The molecule has 1 nitrogen and oxygen atoms in total. The highest BCUT2D eigenvalue weighted by atomic mass is 16.5. The van der Waals surface area contributed by atoms with Crippen molar-refractivity contribution in [2.24, 2.45) is 5.92 Å². The number of hydrogen-bond donors (Lipinski definition) is 0. The zero-order valence-electron chi connectivity index (χ0n) is 17.7. The summed E-state index contributed by atoms with van der Waals surface area (Å²) >= 11 is 0. The van der Waals surface area contributed by atoms with E-state index in [4.69, 9.17) is 4.74 Å². The summed E-state index contributed by atoms with van der Waals surface area (Å²) in [5.41, 5.74) is 7.79. The maximum atomic E-state index is 5.98. The van der Waals surface area contributed by atoms with Gasteiger partial charge < -0.3 is 4.74 Å². The molecule has 0 heterocycles. The molecule has 0 aromatic heterocycles. The lowest BCUT2D eigenvalue weighted by Crippen LogP contribution is -2.09. The highest BCUT2D eigenvalue weighted by Gasteiger charge is 2.08. The fourth-order valence-corrected chi connectivity index (χ4v) is 3.56. The van der Waals surface area contributed by atoms with Crippen LogP contribution in [0.1, 0.15) is 44.7 Å². The summed E-state index contributed by atoms with van der Waals surface area (Å²) < 4.78 is 5.98. The van der Waals surface area contributed by atoms with Gasteiger partial charge in [0.2, 0.25) is 0 Å². The molecule has 0 bridgehead atoms. The number of rotatable bonds is 8. The van der Waals surface area contributed by atoms with Gasteiger partial charge in [0.25, 0.3) is 0 Å². The minimum Gasteiger partial charge on any atom is -0.493 e. The first-order chi connectivity index (χ1) is 13.6. The van der Waals surface area contributed by atoms with E-state index < -0.39 is 0 Å². The van der Waals surface area contributed by atoms with E-state index >= 15 is 0 Å². The Morgan fingerprint density at radius 1 is 0.714 bits per heavy atom. The Morgan fingerprint density at radius 3 is 1.93 bits per heavy atom. The van der Waals surface area contributed by atoms with Crippen molar-refractivity contribution >= 4 is 0 Å². The molecule has 0 amide bonds. The molecule has 1 heteroatoms. The molecule has 3 aromatic rings. The molecule has 3 rings (SSSR count). The van der Waals surface area contributed by atoms with Crippen LogP contribution in [0, 0.1) is 12.8 Å². The summed E-state index contributed by atoms with van der Waals surface area (Å²) in [7, 11) is 0. The smallest absolute Gasteiger partial charge is 0.119 e. The third-order valence-corrected chi connectivity index (χ3v) is 5.68. The lowest BCUT2D eigenvalue weighted by atomic mass is 9.93. The summed E-state index contributed by atoms with van der Waals surface area (Å²) in [6.07, 6.45) is 3.35. The van der Waals surface area contributed by atoms with Crippen molar-refractivity contribution in [3.05, 3.63) is 77.9 Å². The molecule has 0 N–H and O–H groups in total. The number of benzene rings is 3. The van der Waals surface area contributed by atoms with E-state index in [1.807, 2.05) is 0 Å². The molecule has 0 aliphatic heterocycles. The molecular weight excluding hydrogens is 340 g/mol. The van der Waals surface area contributed by atoms with Crippen LogP contribution < -0.4 is 4.74 Å². The lowest BCUT2D eigenvalue weighted by Gasteiger charge is -2.15. The first kappa shape index (κ1) is 20.2. The molecule has 0 fully saturated rings. The van der Waals surface area contributed by atoms with Crippen molar-refractivity contribution in [2.45, 2.75) is 47.0 Å². The number of hydrogen-bond acceptors (Lipinski definition) is 1. The van der Waals surface area contributed by atoms with E-state index in [-0.39, 0.29) is 0 Å². The molecule has 0 atom stereocenters. The molecule has 0 spiro atoms. The Bertz CT molecular complexity index is 871. The highest BCUT2D eigenvalue weighted by Crippen LogP contribution is 2.31. The van der Waals surface area contributed by atoms with Gasteiger partial charge in [0.15, 0.2) is 0 Å². The van der Waals surface area contributed by atoms with Crippen LogP contribution in [-0.2, 0) is 6.42 Å². The van der Waals surface area contributed by atoms with E-state index in [0.717, 1.165) is 18.8 Å². The van der Waals surface area contributed by atoms with Gasteiger partial charge in [-0.2, -0.15) is 0 Å².